The average Bonchev–Trinajstić information content (AvgIpc) is 2.17. The summed E-state index contributed by atoms with van der Waals surface area (Å²) in [7, 11) is 0. The summed E-state index contributed by atoms with van der Waals surface area (Å²) in [5.74, 6) is 0. The first-order valence-electron chi connectivity index (χ1n) is 5.70. The van der Waals surface area contributed by atoms with E-state index in [0.717, 1.165) is 6.42 Å². The molecule has 0 fully saturated rings. The topological polar surface area (TPSA) is 19.9 Å². The molecular formula is C13H23O. The van der Waals surface area contributed by atoms with Crippen molar-refractivity contribution >= 4 is 0 Å². The molecule has 81 valence electrons. The van der Waals surface area contributed by atoms with E-state index in [2.05, 4.69) is 19.1 Å². The molecule has 0 aliphatic rings. The van der Waals surface area contributed by atoms with Gasteiger partial charge >= 0.3 is 0 Å². The minimum Gasteiger partial charge on any atom is -0.232 e. The van der Waals surface area contributed by atoms with Crippen molar-refractivity contribution in [2.24, 2.45) is 0 Å². The first-order valence-corrected chi connectivity index (χ1v) is 5.70. The fraction of sp³-hybridized carbons (Fsp3) is 0.692. The zero-order valence-corrected chi connectivity index (χ0v) is 9.59. The second kappa shape index (κ2) is 10.5. The second-order valence-electron chi connectivity index (χ2n) is 3.74. The zero-order chi connectivity index (χ0) is 10.6. The molecule has 0 saturated heterocycles. The van der Waals surface area contributed by atoms with Crippen molar-refractivity contribution in [2.45, 2.75) is 52.4 Å². The van der Waals surface area contributed by atoms with Gasteiger partial charge in [-0.3, -0.25) is 0 Å². The first kappa shape index (κ1) is 13.4. The van der Waals surface area contributed by atoms with E-state index in [1.54, 1.807) is 6.08 Å². The Hall–Kier alpha value is -0.560. The molecule has 14 heavy (non-hydrogen) atoms. The van der Waals surface area contributed by atoms with Crippen molar-refractivity contribution in [1.82, 2.24) is 0 Å². The predicted molar refractivity (Wildman–Crippen MR) is 61.8 cm³/mol. The summed E-state index contributed by atoms with van der Waals surface area (Å²) >= 11 is 0. The Morgan fingerprint density at radius 3 is 2.57 bits per heavy atom. The number of rotatable bonds is 8. The molecule has 0 bridgehead atoms. The van der Waals surface area contributed by atoms with Crippen LogP contribution in [-0.4, -0.2) is 6.61 Å². The third kappa shape index (κ3) is 9.53. The lowest BCUT2D eigenvalue weighted by Gasteiger charge is -1.95. The molecule has 0 saturated carbocycles. The van der Waals surface area contributed by atoms with Crippen LogP contribution in [0.25, 0.3) is 0 Å². The second-order valence-corrected chi connectivity index (χ2v) is 3.74. The van der Waals surface area contributed by atoms with Crippen LogP contribution >= 0.6 is 0 Å². The van der Waals surface area contributed by atoms with Crippen LogP contribution in [-0.2, 0) is 5.11 Å². The van der Waals surface area contributed by atoms with Crippen molar-refractivity contribution in [3.8, 4) is 0 Å². The maximum Gasteiger partial charge on any atom is 0.101 e. The predicted octanol–water partition coefficient (Wildman–Crippen LogP) is 4.28. The molecule has 0 heterocycles. The summed E-state index contributed by atoms with van der Waals surface area (Å²) in [6, 6.07) is 0. The van der Waals surface area contributed by atoms with Crippen LogP contribution in [0.5, 0.6) is 0 Å². The lowest BCUT2D eigenvalue weighted by molar-refractivity contribution is 0.231. The van der Waals surface area contributed by atoms with Crippen LogP contribution in [0.4, 0.5) is 0 Å². The van der Waals surface area contributed by atoms with E-state index in [9.17, 15) is 5.11 Å². The van der Waals surface area contributed by atoms with Gasteiger partial charge in [0.1, 0.15) is 6.61 Å². The molecule has 1 nitrogen and oxygen atoms in total. The van der Waals surface area contributed by atoms with Crippen LogP contribution in [0.15, 0.2) is 23.8 Å². The van der Waals surface area contributed by atoms with E-state index in [0.29, 0.717) is 0 Å². The van der Waals surface area contributed by atoms with Crippen LogP contribution in [0.3, 0.4) is 0 Å². The minimum absolute atomic E-state index is 0.0871. The first-order chi connectivity index (χ1) is 6.81. The highest BCUT2D eigenvalue weighted by Crippen LogP contribution is 2.05. The van der Waals surface area contributed by atoms with Crippen molar-refractivity contribution in [2.75, 3.05) is 6.61 Å². The maximum atomic E-state index is 10.2. The highest BCUT2D eigenvalue weighted by Gasteiger charge is 1.86. The molecule has 0 aliphatic carbocycles. The van der Waals surface area contributed by atoms with Crippen LogP contribution in [0, 0.1) is 0 Å². The molecule has 0 atom stereocenters. The van der Waals surface area contributed by atoms with Crippen LogP contribution in [0.1, 0.15) is 52.4 Å². The molecule has 0 aromatic heterocycles. The van der Waals surface area contributed by atoms with Gasteiger partial charge < -0.3 is 0 Å². The van der Waals surface area contributed by atoms with E-state index < -0.39 is 0 Å². The fourth-order valence-corrected chi connectivity index (χ4v) is 1.30. The van der Waals surface area contributed by atoms with Gasteiger partial charge in [-0.1, -0.05) is 50.0 Å². The molecule has 1 heteroatoms. The summed E-state index contributed by atoms with van der Waals surface area (Å²) in [4.78, 5) is 0. The van der Waals surface area contributed by atoms with Gasteiger partial charge in [-0.2, -0.15) is 0 Å². The van der Waals surface area contributed by atoms with Crippen molar-refractivity contribution in [3.05, 3.63) is 23.8 Å². The Morgan fingerprint density at radius 2 is 1.93 bits per heavy atom. The molecule has 0 aliphatic heterocycles. The lowest BCUT2D eigenvalue weighted by atomic mass is 10.1. The number of hydrogen-bond donors (Lipinski definition) is 0. The van der Waals surface area contributed by atoms with E-state index in [1.807, 2.05) is 6.92 Å². The molecular weight excluding hydrogens is 172 g/mol. The van der Waals surface area contributed by atoms with E-state index in [-0.39, 0.29) is 6.61 Å². The Bertz CT molecular complexity index is 168. The van der Waals surface area contributed by atoms with Gasteiger partial charge in [0.15, 0.2) is 0 Å². The van der Waals surface area contributed by atoms with Gasteiger partial charge in [0.25, 0.3) is 0 Å². The molecule has 0 rings (SSSR count). The largest absolute Gasteiger partial charge is 0.232 e. The molecule has 0 aromatic rings. The summed E-state index contributed by atoms with van der Waals surface area (Å²) in [6.45, 7) is 4.16. The monoisotopic (exact) mass is 195 g/mol. The zero-order valence-electron chi connectivity index (χ0n) is 9.59. The Balaban J connectivity index is 3.31. The molecule has 1 radical (unpaired) electrons. The number of hydrogen-bond acceptors (Lipinski definition) is 0. The highest BCUT2D eigenvalue weighted by atomic mass is 16.2. The standard InChI is InChI=1S/C13H23O/c1-3-4-5-6-7-8-9-10-13(2)11-12-14/h8-9,11H,3-7,10,12H2,1-2H3/b9-8+,13-11+. The molecule has 0 amide bonds. The summed E-state index contributed by atoms with van der Waals surface area (Å²) in [6.07, 6.45) is 13.6. The fourth-order valence-electron chi connectivity index (χ4n) is 1.30. The summed E-state index contributed by atoms with van der Waals surface area (Å²) in [5, 5.41) is 10.2. The third-order valence-corrected chi connectivity index (χ3v) is 2.26. The number of allylic oxidation sites excluding steroid dienone is 3. The Kier molecular flexibility index (Phi) is 10.1. The highest BCUT2D eigenvalue weighted by molar-refractivity contribution is 5.04. The van der Waals surface area contributed by atoms with Crippen molar-refractivity contribution in [1.29, 1.82) is 0 Å². The van der Waals surface area contributed by atoms with Crippen LogP contribution in [0.2, 0.25) is 0 Å². The van der Waals surface area contributed by atoms with E-state index in [4.69, 9.17) is 0 Å². The Labute approximate surface area is 88.5 Å². The van der Waals surface area contributed by atoms with E-state index in [1.165, 1.54) is 37.7 Å². The minimum atomic E-state index is -0.0871. The number of unbranched alkanes of at least 4 members (excludes halogenated alkanes) is 4. The van der Waals surface area contributed by atoms with Gasteiger partial charge in [0, 0.05) is 0 Å². The van der Waals surface area contributed by atoms with Gasteiger partial charge in [-0.05, 0) is 26.2 Å². The lowest BCUT2D eigenvalue weighted by Crippen LogP contribution is -1.77. The van der Waals surface area contributed by atoms with Crippen molar-refractivity contribution in [3.63, 3.8) is 0 Å². The summed E-state index contributed by atoms with van der Waals surface area (Å²) < 4.78 is 0. The summed E-state index contributed by atoms with van der Waals surface area (Å²) in [5.41, 5.74) is 1.19. The third-order valence-electron chi connectivity index (χ3n) is 2.26. The normalized spacial score (nSPS) is 12.6. The van der Waals surface area contributed by atoms with Gasteiger partial charge in [0.05, 0.1) is 0 Å². The molecule has 0 N–H and O–H groups in total. The molecule has 0 aromatic carbocycles. The van der Waals surface area contributed by atoms with Gasteiger partial charge in [0.2, 0.25) is 0 Å². The smallest absolute Gasteiger partial charge is 0.101 e. The maximum absolute atomic E-state index is 10.2. The van der Waals surface area contributed by atoms with Gasteiger partial charge in [-0.15, -0.1) is 0 Å². The molecule has 0 unspecified atom stereocenters. The van der Waals surface area contributed by atoms with E-state index >= 15 is 0 Å². The Morgan fingerprint density at radius 1 is 1.14 bits per heavy atom. The van der Waals surface area contributed by atoms with Gasteiger partial charge in [-0.25, -0.2) is 5.11 Å². The van der Waals surface area contributed by atoms with Crippen molar-refractivity contribution < 1.29 is 5.11 Å². The quantitative estimate of drug-likeness (QED) is 0.407. The average molecular weight is 195 g/mol. The SMILES string of the molecule is CCCCCC/C=C/C/C(C)=C/C[O]. The van der Waals surface area contributed by atoms with Crippen LogP contribution < -0.4 is 0 Å². The molecule has 0 spiro atoms.